The Labute approximate surface area is 292 Å². The molecule has 3 N–H and O–H groups in total. The molecular weight excluding hydrogens is 662 g/mol. The number of alkyl halides is 3. The smallest absolute Gasteiger partial charge is 0.378 e. The maximum absolute atomic E-state index is 13.7. The minimum atomic E-state index is -4.66. The number of nitrogens with one attached hydrogen (secondary N) is 3. The summed E-state index contributed by atoms with van der Waals surface area (Å²) in [5.41, 5.74) is 1.66. The topological polar surface area (TPSA) is 90.5 Å². The summed E-state index contributed by atoms with van der Waals surface area (Å²) in [5, 5.41) is 7.07. The predicted molar refractivity (Wildman–Crippen MR) is 193 cm³/mol. The van der Waals surface area contributed by atoms with Crippen molar-refractivity contribution in [3.63, 3.8) is 0 Å². The van der Waals surface area contributed by atoms with Crippen molar-refractivity contribution in [1.82, 2.24) is 5.32 Å². The number of carbonyl (C=O) groups is 3. The van der Waals surface area contributed by atoms with Gasteiger partial charge in [-0.2, -0.15) is 13.2 Å². The van der Waals surface area contributed by atoms with E-state index in [-0.39, 0.29) is 11.4 Å². The van der Waals surface area contributed by atoms with E-state index in [2.05, 4.69) is 16.0 Å². The van der Waals surface area contributed by atoms with E-state index in [9.17, 15) is 27.6 Å². The molecule has 0 heterocycles. The fourth-order valence-corrected chi connectivity index (χ4v) is 5.98. The minimum absolute atomic E-state index is 0.000572. The summed E-state index contributed by atoms with van der Waals surface area (Å²) < 4.78 is 41.0. The third-order valence-electron chi connectivity index (χ3n) is 7.43. The monoisotopic (exact) mass is 694 g/mol. The molecule has 0 aliphatic carbocycles. The molecule has 5 aromatic carbocycles. The molecule has 1 atom stereocenters. The number of benzene rings is 5. The molecule has 254 valence electrons. The SMILES string of the molecule is CN(C)c1ccc(/C=C(/NC(=O)c2ccccc2)C(=O)Nc2cccc(SC(C(=O)Nc3ccccc3C(F)(F)F)c3ccccc3)c2)cc1. The van der Waals surface area contributed by atoms with Gasteiger partial charge in [-0.25, -0.2) is 0 Å². The molecule has 7 nitrogen and oxygen atoms in total. The highest BCUT2D eigenvalue weighted by Crippen LogP contribution is 2.39. The van der Waals surface area contributed by atoms with Gasteiger partial charge in [0.25, 0.3) is 11.8 Å². The van der Waals surface area contributed by atoms with Crippen LogP contribution < -0.4 is 20.9 Å². The summed E-state index contributed by atoms with van der Waals surface area (Å²) in [4.78, 5) is 42.8. The summed E-state index contributed by atoms with van der Waals surface area (Å²) in [5.74, 6) is -1.71. The minimum Gasteiger partial charge on any atom is -0.378 e. The molecule has 5 rings (SSSR count). The lowest BCUT2D eigenvalue weighted by molar-refractivity contribution is -0.137. The fraction of sp³-hybridized carbons (Fsp3) is 0.103. The zero-order valence-corrected chi connectivity index (χ0v) is 27.9. The second-order valence-corrected chi connectivity index (χ2v) is 12.5. The van der Waals surface area contributed by atoms with E-state index in [0.29, 0.717) is 27.3 Å². The van der Waals surface area contributed by atoms with Crippen molar-refractivity contribution in [2.75, 3.05) is 29.6 Å². The van der Waals surface area contributed by atoms with Crippen LogP contribution in [0.2, 0.25) is 0 Å². The van der Waals surface area contributed by atoms with Crippen LogP contribution in [0.1, 0.15) is 32.3 Å². The number of anilines is 3. The summed E-state index contributed by atoms with van der Waals surface area (Å²) in [6.45, 7) is 0. The van der Waals surface area contributed by atoms with Gasteiger partial charge in [0.2, 0.25) is 5.91 Å². The standard InChI is InChI=1S/C39H33F3N4O3S/c1-46(2)30-22-20-26(21-23-30)24-34(45-36(47)28-14-7-4-8-15-28)37(48)43-29-16-11-17-31(25-29)50-35(27-12-5-3-6-13-27)38(49)44-33-19-10-9-18-32(33)39(40,41)42/h3-25,35H,1-2H3,(H,43,48)(H,44,49)(H,45,47)/b34-24+. The largest absolute Gasteiger partial charge is 0.418 e. The summed E-state index contributed by atoms with van der Waals surface area (Å²) in [7, 11) is 3.83. The van der Waals surface area contributed by atoms with Crippen LogP contribution in [-0.4, -0.2) is 31.8 Å². The van der Waals surface area contributed by atoms with E-state index >= 15 is 0 Å². The second-order valence-electron chi connectivity index (χ2n) is 11.3. The lowest BCUT2D eigenvalue weighted by Crippen LogP contribution is -2.30. The van der Waals surface area contributed by atoms with Crippen molar-refractivity contribution < 1.29 is 27.6 Å². The molecule has 0 spiro atoms. The van der Waals surface area contributed by atoms with E-state index in [0.717, 1.165) is 23.5 Å². The molecule has 0 aromatic heterocycles. The van der Waals surface area contributed by atoms with Crippen molar-refractivity contribution in [3.05, 3.63) is 161 Å². The van der Waals surface area contributed by atoms with Crippen LogP contribution in [0.3, 0.4) is 0 Å². The first-order chi connectivity index (χ1) is 24.0. The Kier molecular flexibility index (Phi) is 11.4. The van der Waals surface area contributed by atoms with Crippen LogP contribution in [-0.2, 0) is 15.8 Å². The zero-order chi connectivity index (χ0) is 35.7. The van der Waals surface area contributed by atoms with Crippen LogP contribution in [0.4, 0.5) is 30.2 Å². The molecule has 0 radical (unpaired) electrons. The predicted octanol–water partition coefficient (Wildman–Crippen LogP) is 8.65. The van der Waals surface area contributed by atoms with Gasteiger partial charge in [0, 0.05) is 35.9 Å². The molecule has 11 heteroatoms. The van der Waals surface area contributed by atoms with Gasteiger partial charge in [0.05, 0.1) is 11.3 Å². The van der Waals surface area contributed by atoms with Crippen LogP contribution in [0.5, 0.6) is 0 Å². The highest BCUT2D eigenvalue weighted by molar-refractivity contribution is 8.00. The third kappa shape index (κ3) is 9.42. The summed E-state index contributed by atoms with van der Waals surface area (Å²) in [6, 6.07) is 36.2. The van der Waals surface area contributed by atoms with E-state index < -0.39 is 34.7 Å². The molecule has 0 saturated heterocycles. The number of halogens is 3. The molecule has 0 aliphatic heterocycles. The number of nitrogens with zero attached hydrogens (tertiary/aromatic N) is 1. The Morgan fingerprint density at radius 3 is 2.04 bits per heavy atom. The average Bonchev–Trinajstić information content (AvgIpc) is 3.11. The van der Waals surface area contributed by atoms with Crippen LogP contribution in [0.15, 0.2) is 144 Å². The molecule has 0 saturated carbocycles. The van der Waals surface area contributed by atoms with Gasteiger partial charge < -0.3 is 20.9 Å². The van der Waals surface area contributed by atoms with Crippen molar-refractivity contribution in [3.8, 4) is 0 Å². The second kappa shape index (κ2) is 16.1. The van der Waals surface area contributed by atoms with Crippen molar-refractivity contribution in [2.24, 2.45) is 0 Å². The van der Waals surface area contributed by atoms with Gasteiger partial charge in [0.1, 0.15) is 10.9 Å². The van der Waals surface area contributed by atoms with E-state index in [1.807, 2.05) is 43.3 Å². The maximum Gasteiger partial charge on any atom is 0.418 e. The quantitative estimate of drug-likeness (QED) is 0.0952. The Balaban J connectivity index is 1.39. The van der Waals surface area contributed by atoms with Gasteiger partial charge in [-0.05, 0) is 71.8 Å². The Hall–Kier alpha value is -5.81. The zero-order valence-electron chi connectivity index (χ0n) is 27.1. The first-order valence-electron chi connectivity index (χ1n) is 15.4. The maximum atomic E-state index is 13.7. The van der Waals surface area contributed by atoms with E-state index in [1.54, 1.807) is 91.0 Å². The molecule has 0 bridgehead atoms. The van der Waals surface area contributed by atoms with Gasteiger partial charge in [-0.1, -0.05) is 78.9 Å². The average molecular weight is 695 g/mol. The van der Waals surface area contributed by atoms with Crippen molar-refractivity contribution in [1.29, 1.82) is 0 Å². The Morgan fingerprint density at radius 1 is 0.740 bits per heavy atom. The van der Waals surface area contributed by atoms with Gasteiger partial charge in [-0.3, -0.25) is 14.4 Å². The molecule has 0 aliphatic rings. The van der Waals surface area contributed by atoms with Crippen LogP contribution in [0, 0.1) is 0 Å². The number of rotatable bonds is 11. The first kappa shape index (κ1) is 35.5. The number of hydrogen-bond acceptors (Lipinski definition) is 5. The van der Waals surface area contributed by atoms with Gasteiger partial charge >= 0.3 is 6.18 Å². The normalized spacial score (nSPS) is 12.1. The van der Waals surface area contributed by atoms with E-state index in [1.165, 1.54) is 18.2 Å². The number of amides is 3. The van der Waals surface area contributed by atoms with E-state index in [4.69, 9.17) is 0 Å². The van der Waals surface area contributed by atoms with Gasteiger partial charge in [0.15, 0.2) is 0 Å². The first-order valence-corrected chi connectivity index (χ1v) is 16.3. The number of hydrogen-bond donors (Lipinski definition) is 3. The molecule has 1 unspecified atom stereocenters. The molecule has 5 aromatic rings. The van der Waals surface area contributed by atoms with Gasteiger partial charge in [-0.15, -0.1) is 11.8 Å². The molecular formula is C39H33F3N4O3S. The van der Waals surface area contributed by atoms with Crippen LogP contribution in [0.25, 0.3) is 6.08 Å². The Morgan fingerprint density at radius 2 is 1.38 bits per heavy atom. The lowest BCUT2D eigenvalue weighted by Gasteiger charge is -2.19. The number of para-hydroxylation sites is 1. The third-order valence-corrected chi connectivity index (χ3v) is 8.67. The fourth-order valence-electron chi connectivity index (χ4n) is 4.90. The highest BCUT2D eigenvalue weighted by Gasteiger charge is 2.34. The molecule has 0 fully saturated rings. The van der Waals surface area contributed by atoms with Crippen molar-refractivity contribution >= 4 is 52.6 Å². The van der Waals surface area contributed by atoms with Crippen molar-refractivity contribution in [2.45, 2.75) is 16.3 Å². The summed E-state index contributed by atoms with van der Waals surface area (Å²) in [6.07, 6.45) is -3.09. The molecule has 3 amide bonds. The molecule has 50 heavy (non-hydrogen) atoms. The van der Waals surface area contributed by atoms with Crippen LogP contribution >= 0.6 is 11.8 Å². The number of thioether (sulfide) groups is 1. The highest BCUT2D eigenvalue weighted by atomic mass is 32.2. The Bertz CT molecular complexity index is 1980. The summed E-state index contributed by atoms with van der Waals surface area (Å²) >= 11 is 1.11. The lowest BCUT2D eigenvalue weighted by atomic mass is 10.1. The number of carbonyl (C=O) groups excluding carboxylic acids is 3.